The number of amides is 2. The molecule has 10 heteroatoms. The number of hydrogen-bond acceptors (Lipinski definition) is 7. The maximum absolute atomic E-state index is 12.1. The molecule has 0 fully saturated rings. The Bertz CT molecular complexity index is 816. The highest BCUT2D eigenvalue weighted by Crippen LogP contribution is 2.13. The summed E-state index contributed by atoms with van der Waals surface area (Å²) in [5.74, 6) is -2.05. The molecule has 0 radical (unpaired) electrons. The molecule has 0 aliphatic carbocycles. The van der Waals surface area contributed by atoms with Crippen LogP contribution >= 0.6 is 0 Å². The van der Waals surface area contributed by atoms with Crippen LogP contribution < -0.4 is 28.3 Å². The van der Waals surface area contributed by atoms with E-state index in [0.29, 0.717) is 5.56 Å². The quantitative estimate of drug-likeness (QED) is 0.297. The van der Waals surface area contributed by atoms with Crippen LogP contribution in [-0.2, 0) is 6.54 Å². The van der Waals surface area contributed by atoms with Crippen LogP contribution in [0.3, 0.4) is 0 Å². The number of nitrogens with two attached hydrogens (primary N) is 4. The molecule has 124 valence electrons. The van der Waals surface area contributed by atoms with E-state index in [1.807, 2.05) is 0 Å². The first-order valence-electron chi connectivity index (χ1n) is 6.74. The Labute approximate surface area is 136 Å². The second-order valence-electron chi connectivity index (χ2n) is 4.85. The average Bonchev–Trinajstić information content (AvgIpc) is 2.54. The highest BCUT2D eigenvalue weighted by Gasteiger charge is 2.18. The third-order valence-electron chi connectivity index (χ3n) is 3.12. The lowest BCUT2D eigenvalue weighted by Gasteiger charge is -2.09. The molecule has 1 aromatic heterocycles. The predicted molar refractivity (Wildman–Crippen MR) is 88.0 cm³/mol. The number of primary amides is 1. The number of amidine groups is 1. The van der Waals surface area contributed by atoms with Crippen molar-refractivity contribution in [2.75, 3.05) is 11.5 Å². The van der Waals surface area contributed by atoms with Crippen LogP contribution in [0.2, 0.25) is 0 Å². The molecule has 10 N–H and O–H groups in total. The van der Waals surface area contributed by atoms with Gasteiger partial charge in [0.15, 0.2) is 23.0 Å². The molecule has 0 bridgehead atoms. The minimum absolute atomic E-state index is 0.0429. The Morgan fingerprint density at radius 3 is 2.08 bits per heavy atom. The standard InChI is InChI=1S/C14H16N8O2/c15-10(16)7-3-1-6(2-4-7)5-20-14(24)9-12(18)21-8(13(19)23)11(17)22-9/h1-4H,5H2,(H3,15,16)(H2,17,22)(H2,18,21)(H2,19,23)(H,20,24). The molecule has 0 saturated heterocycles. The smallest absolute Gasteiger partial charge is 0.274 e. The van der Waals surface area contributed by atoms with Crippen molar-refractivity contribution >= 4 is 29.3 Å². The largest absolute Gasteiger partial charge is 0.384 e. The van der Waals surface area contributed by atoms with E-state index in [1.165, 1.54) is 0 Å². The Morgan fingerprint density at radius 1 is 1.00 bits per heavy atom. The fraction of sp³-hybridized carbons (Fsp3) is 0.0714. The normalized spacial score (nSPS) is 10.2. The molecular formula is C14H16N8O2. The Balaban J connectivity index is 2.11. The summed E-state index contributed by atoms with van der Waals surface area (Å²) in [6.07, 6.45) is 0. The van der Waals surface area contributed by atoms with E-state index >= 15 is 0 Å². The zero-order valence-electron chi connectivity index (χ0n) is 12.5. The molecule has 2 amide bonds. The molecule has 2 aromatic rings. The lowest BCUT2D eigenvalue weighted by molar-refractivity contribution is 0.0943. The Morgan fingerprint density at radius 2 is 1.54 bits per heavy atom. The number of aromatic nitrogens is 2. The average molecular weight is 328 g/mol. The molecule has 0 spiro atoms. The van der Waals surface area contributed by atoms with Crippen molar-refractivity contribution in [3.8, 4) is 0 Å². The van der Waals surface area contributed by atoms with Crippen LogP contribution in [0.25, 0.3) is 0 Å². The molecule has 0 aliphatic heterocycles. The lowest BCUT2D eigenvalue weighted by Crippen LogP contribution is -2.27. The predicted octanol–water partition coefficient (Wildman–Crippen LogP) is -1.05. The molecule has 0 atom stereocenters. The van der Waals surface area contributed by atoms with Crippen LogP contribution in [0, 0.1) is 5.41 Å². The van der Waals surface area contributed by atoms with Gasteiger partial charge in [0.05, 0.1) is 0 Å². The number of nitrogen functional groups attached to an aromatic ring is 3. The molecule has 10 nitrogen and oxygen atoms in total. The topological polar surface area (TPSA) is 200 Å². The summed E-state index contributed by atoms with van der Waals surface area (Å²) in [5, 5.41) is 9.92. The van der Waals surface area contributed by atoms with Crippen molar-refractivity contribution < 1.29 is 9.59 Å². The highest BCUT2D eigenvalue weighted by molar-refractivity contribution is 6.00. The van der Waals surface area contributed by atoms with E-state index in [0.717, 1.165) is 5.56 Å². The van der Waals surface area contributed by atoms with Gasteiger partial charge in [0.25, 0.3) is 11.8 Å². The van der Waals surface area contributed by atoms with Gasteiger partial charge in [0.1, 0.15) is 5.84 Å². The molecule has 0 aliphatic rings. The third-order valence-corrected chi connectivity index (χ3v) is 3.12. The summed E-state index contributed by atoms with van der Waals surface area (Å²) < 4.78 is 0. The molecule has 0 unspecified atom stereocenters. The Kier molecular flexibility index (Phi) is 4.59. The van der Waals surface area contributed by atoms with E-state index in [4.69, 9.17) is 28.3 Å². The zero-order valence-corrected chi connectivity index (χ0v) is 12.5. The van der Waals surface area contributed by atoms with E-state index in [1.54, 1.807) is 24.3 Å². The van der Waals surface area contributed by atoms with E-state index in [-0.39, 0.29) is 35.4 Å². The van der Waals surface area contributed by atoms with E-state index in [2.05, 4.69) is 15.3 Å². The highest BCUT2D eigenvalue weighted by atomic mass is 16.2. The van der Waals surface area contributed by atoms with Crippen molar-refractivity contribution in [3.05, 3.63) is 46.8 Å². The SMILES string of the molecule is N=C(N)c1ccc(CNC(=O)c2nc(N)c(C(N)=O)nc2N)cc1. The van der Waals surface area contributed by atoms with E-state index in [9.17, 15) is 9.59 Å². The number of anilines is 2. The molecule has 1 aromatic carbocycles. The van der Waals surface area contributed by atoms with Gasteiger partial charge < -0.3 is 28.3 Å². The summed E-state index contributed by atoms with van der Waals surface area (Å²) in [5.41, 5.74) is 22.5. The van der Waals surface area contributed by atoms with Crippen LogP contribution in [0.1, 0.15) is 32.1 Å². The number of nitrogens with zero attached hydrogens (tertiary/aromatic N) is 2. The number of rotatable bonds is 5. The van der Waals surface area contributed by atoms with Crippen molar-refractivity contribution in [2.45, 2.75) is 6.54 Å². The lowest BCUT2D eigenvalue weighted by atomic mass is 10.1. The minimum Gasteiger partial charge on any atom is -0.384 e. The molecule has 1 heterocycles. The maximum Gasteiger partial charge on any atom is 0.274 e. The fourth-order valence-corrected chi connectivity index (χ4v) is 1.88. The number of carbonyl (C=O) groups is 2. The molecule has 2 rings (SSSR count). The summed E-state index contributed by atoms with van der Waals surface area (Å²) >= 11 is 0. The minimum atomic E-state index is -0.885. The van der Waals surface area contributed by atoms with Gasteiger partial charge in [0.2, 0.25) is 0 Å². The van der Waals surface area contributed by atoms with Crippen molar-refractivity contribution in [3.63, 3.8) is 0 Å². The second kappa shape index (κ2) is 6.60. The van der Waals surface area contributed by atoms with Crippen LogP contribution in [0.5, 0.6) is 0 Å². The number of hydrogen-bond donors (Lipinski definition) is 6. The van der Waals surface area contributed by atoms with Crippen LogP contribution in [0.4, 0.5) is 11.6 Å². The summed E-state index contributed by atoms with van der Waals surface area (Å²) in [4.78, 5) is 30.7. The summed E-state index contributed by atoms with van der Waals surface area (Å²) in [6.45, 7) is 0.190. The zero-order chi connectivity index (χ0) is 17.9. The first-order valence-corrected chi connectivity index (χ1v) is 6.74. The fourth-order valence-electron chi connectivity index (χ4n) is 1.88. The van der Waals surface area contributed by atoms with E-state index < -0.39 is 11.8 Å². The van der Waals surface area contributed by atoms with Gasteiger partial charge in [-0.05, 0) is 5.56 Å². The summed E-state index contributed by atoms with van der Waals surface area (Å²) in [7, 11) is 0. The second-order valence-corrected chi connectivity index (χ2v) is 4.85. The number of nitrogens with one attached hydrogen (secondary N) is 2. The van der Waals surface area contributed by atoms with Crippen LogP contribution in [-0.4, -0.2) is 27.6 Å². The van der Waals surface area contributed by atoms with Crippen molar-refractivity contribution in [2.24, 2.45) is 11.5 Å². The van der Waals surface area contributed by atoms with Gasteiger partial charge in [-0.2, -0.15) is 0 Å². The van der Waals surface area contributed by atoms with Gasteiger partial charge in [-0.25, -0.2) is 9.97 Å². The molecule has 0 saturated carbocycles. The van der Waals surface area contributed by atoms with Gasteiger partial charge in [-0.15, -0.1) is 0 Å². The Hall–Kier alpha value is -3.69. The summed E-state index contributed by atoms with van der Waals surface area (Å²) in [6, 6.07) is 6.77. The third kappa shape index (κ3) is 3.55. The maximum atomic E-state index is 12.1. The van der Waals surface area contributed by atoms with Gasteiger partial charge >= 0.3 is 0 Å². The van der Waals surface area contributed by atoms with Crippen LogP contribution in [0.15, 0.2) is 24.3 Å². The van der Waals surface area contributed by atoms with Gasteiger partial charge in [-0.1, -0.05) is 24.3 Å². The van der Waals surface area contributed by atoms with Gasteiger partial charge in [-0.3, -0.25) is 15.0 Å². The first kappa shape index (κ1) is 16.7. The first-order chi connectivity index (χ1) is 11.3. The number of benzene rings is 1. The monoisotopic (exact) mass is 328 g/mol. The van der Waals surface area contributed by atoms with Crippen molar-refractivity contribution in [1.29, 1.82) is 5.41 Å². The van der Waals surface area contributed by atoms with Gasteiger partial charge in [0, 0.05) is 12.1 Å². The molecular weight excluding hydrogens is 312 g/mol. The number of carbonyl (C=O) groups excluding carboxylic acids is 2. The molecule has 24 heavy (non-hydrogen) atoms. The van der Waals surface area contributed by atoms with Crippen molar-refractivity contribution in [1.82, 2.24) is 15.3 Å².